The minimum Gasteiger partial charge on any atom is -0.490 e. The maximum absolute atomic E-state index is 12.2. The van der Waals surface area contributed by atoms with Gasteiger partial charge < -0.3 is 20.3 Å². The van der Waals surface area contributed by atoms with Crippen LogP contribution in [-0.4, -0.2) is 42.8 Å². The zero-order chi connectivity index (χ0) is 23.7. The third-order valence-corrected chi connectivity index (χ3v) is 6.85. The summed E-state index contributed by atoms with van der Waals surface area (Å²) in [5, 5.41) is 7.08. The summed E-state index contributed by atoms with van der Waals surface area (Å²) in [7, 11) is 0. The molecule has 0 radical (unpaired) electrons. The quantitative estimate of drug-likeness (QED) is 0.537. The van der Waals surface area contributed by atoms with Crippen LogP contribution in [-0.2, 0) is 6.54 Å². The number of rotatable bonds is 7. The lowest BCUT2D eigenvalue weighted by atomic mass is 10.0. The lowest BCUT2D eigenvalue weighted by Gasteiger charge is -2.36. The van der Waals surface area contributed by atoms with Crippen LogP contribution in [0.15, 0.2) is 46.4 Å². The molecule has 1 aliphatic carbocycles. The van der Waals surface area contributed by atoms with E-state index in [0.29, 0.717) is 18.9 Å². The molecule has 7 nitrogen and oxygen atoms in total. The van der Waals surface area contributed by atoms with Gasteiger partial charge in [0, 0.05) is 30.7 Å². The molecule has 2 aliphatic heterocycles. The fraction of sp³-hybridized carbons (Fsp3) is 0.423. The smallest absolute Gasteiger partial charge is 0.343 e. The molecule has 2 amide bonds. The summed E-state index contributed by atoms with van der Waals surface area (Å²) in [5.74, 6) is 1.50. The van der Waals surface area contributed by atoms with E-state index in [1.807, 2.05) is 31.2 Å². The highest BCUT2D eigenvalue weighted by molar-refractivity contribution is 6.52. The van der Waals surface area contributed by atoms with Crippen molar-refractivity contribution >= 4 is 40.6 Å². The Morgan fingerprint density at radius 2 is 1.94 bits per heavy atom. The van der Waals surface area contributed by atoms with E-state index in [4.69, 9.17) is 21.3 Å². The summed E-state index contributed by atoms with van der Waals surface area (Å²) in [6, 6.07) is 11.4. The van der Waals surface area contributed by atoms with Gasteiger partial charge in [0.05, 0.1) is 23.5 Å². The number of fused-ring (bicyclic) bond motifs is 2. The second kappa shape index (κ2) is 9.76. The van der Waals surface area contributed by atoms with E-state index in [1.165, 1.54) is 12.8 Å². The van der Waals surface area contributed by atoms with Crippen LogP contribution in [0.5, 0.6) is 5.75 Å². The Morgan fingerprint density at radius 3 is 2.71 bits per heavy atom. The van der Waals surface area contributed by atoms with Crippen molar-refractivity contribution in [2.75, 3.05) is 18.0 Å². The highest BCUT2D eigenvalue weighted by atomic mass is 35.5. The molecule has 2 heterocycles. The lowest BCUT2D eigenvalue weighted by molar-refractivity contribution is 0.208. The van der Waals surface area contributed by atoms with Crippen molar-refractivity contribution in [3.63, 3.8) is 0 Å². The summed E-state index contributed by atoms with van der Waals surface area (Å²) in [6.45, 7) is 6.09. The normalized spacial score (nSPS) is 19.8. The van der Waals surface area contributed by atoms with E-state index in [0.717, 1.165) is 58.4 Å². The van der Waals surface area contributed by atoms with Crippen molar-refractivity contribution in [2.24, 2.45) is 9.98 Å². The molecule has 2 N–H and O–H groups in total. The third kappa shape index (κ3) is 4.81. The Labute approximate surface area is 205 Å². The summed E-state index contributed by atoms with van der Waals surface area (Å²) < 4.78 is 6.37. The number of nitrogens with one attached hydrogen (secondary N) is 2. The van der Waals surface area contributed by atoms with E-state index in [-0.39, 0.29) is 18.2 Å². The molecule has 0 bridgehead atoms. The Balaban J connectivity index is 1.40. The molecule has 1 saturated carbocycles. The van der Waals surface area contributed by atoms with Gasteiger partial charge in [-0.25, -0.2) is 9.79 Å². The molecule has 2 aromatic rings. The Kier molecular flexibility index (Phi) is 6.57. The zero-order valence-electron chi connectivity index (χ0n) is 19.6. The number of hydrogen-bond donors (Lipinski definition) is 2. The van der Waals surface area contributed by atoms with Gasteiger partial charge in [0.1, 0.15) is 11.5 Å². The number of aliphatic imine (C=N–C) groups is 2. The maximum Gasteiger partial charge on any atom is 0.343 e. The molecule has 5 rings (SSSR count). The van der Waals surface area contributed by atoms with E-state index < -0.39 is 0 Å². The minimum atomic E-state index is -0.335. The Hall–Kier alpha value is -2.90. The SMILES string of the molecule is Cc1cc2c(cc1OC1CCCC1)N(CCNCc1ccc(Cl)cc1)C1=NC(=O)NC(C)C1=N2. The molecular weight excluding hydrogens is 450 g/mol. The molecule has 1 fully saturated rings. The van der Waals surface area contributed by atoms with Crippen molar-refractivity contribution in [1.82, 2.24) is 10.6 Å². The number of carbonyl (C=O) groups excluding carboxylic acids is 1. The van der Waals surface area contributed by atoms with Crippen LogP contribution in [0.25, 0.3) is 0 Å². The van der Waals surface area contributed by atoms with Gasteiger partial charge in [-0.05, 0) is 68.9 Å². The third-order valence-electron chi connectivity index (χ3n) is 6.60. The Morgan fingerprint density at radius 1 is 1.18 bits per heavy atom. The van der Waals surface area contributed by atoms with Gasteiger partial charge >= 0.3 is 6.03 Å². The molecule has 1 atom stereocenters. The average molecular weight is 480 g/mol. The number of urea groups is 1. The molecule has 8 heteroatoms. The Bertz CT molecular complexity index is 1140. The highest BCUT2D eigenvalue weighted by Crippen LogP contribution is 2.40. The number of amides is 2. The monoisotopic (exact) mass is 479 g/mol. The van der Waals surface area contributed by atoms with Crippen LogP contribution in [0.3, 0.4) is 0 Å². The molecule has 34 heavy (non-hydrogen) atoms. The van der Waals surface area contributed by atoms with Gasteiger partial charge in [-0.15, -0.1) is 0 Å². The molecule has 0 saturated heterocycles. The second-order valence-electron chi connectivity index (χ2n) is 9.19. The summed E-state index contributed by atoms with van der Waals surface area (Å²) in [4.78, 5) is 23.6. The average Bonchev–Trinajstić information content (AvgIpc) is 3.32. The van der Waals surface area contributed by atoms with Crippen molar-refractivity contribution in [2.45, 2.75) is 58.2 Å². The predicted molar refractivity (Wildman–Crippen MR) is 137 cm³/mol. The van der Waals surface area contributed by atoms with E-state index in [9.17, 15) is 4.79 Å². The van der Waals surface area contributed by atoms with Crippen LogP contribution >= 0.6 is 11.6 Å². The van der Waals surface area contributed by atoms with Crippen molar-refractivity contribution in [3.8, 4) is 5.75 Å². The fourth-order valence-corrected chi connectivity index (χ4v) is 4.88. The number of amidine groups is 1. The van der Waals surface area contributed by atoms with E-state index in [1.54, 1.807) is 0 Å². The van der Waals surface area contributed by atoms with Gasteiger partial charge in [0.2, 0.25) is 0 Å². The largest absolute Gasteiger partial charge is 0.490 e. The van der Waals surface area contributed by atoms with Crippen LogP contribution in [0.1, 0.15) is 43.7 Å². The van der Waals surface area contributed by atoms with E-state index >= 15 is 0 Å². The van der Waals surface area contributed by atoms with Crippen LogP contribution in [0, 0.1) is 6.92 Å². The predicted octanol–water partition coefficient (Wildman–Crippen LogP) is 5.16. The van der Waals surface area contributed by atoms with Crippen LogP contribution in [0.2, 0.25) is 5.02 Å². The molecule has 0 aromatic heterocycles. The number of nitrogens with zero attached hydrogens (tertiary/aromatic N) is 3. The first-order valence-corrected chi connectivity index (χ1v) is 12.4. The van der Waals surface area contributed by atoms with Gasteiger partial charge in [-0.1, -0.05) is 23.7 Å². The number of aryl methyl sites for hydroxylation is 1. The second-order valence-corrected chi connectivity index (χ2v) is 9.63. The topological polar surface area (TPSA) is 78.3 Å². The summed E-state index contributed by atoms with van der Waals surface area (Å²) in [6.07, 6.45) is 4.91. The van der Waals surface area contributed by atoms with Crippen molar-refractivity contribution in [1.29, 1.82) is 0 Å². The molecule has 2 aromatic carbocycles. The fourth-order valence-electron chi connectivity index (χ4n) is 4.76. The number of benzene rings is 2. The van der Waals surface area contributed by atoms with E-state index in [2.05, 4.69) is 39.6 Å². The molecular formula is C26H30ClN5O2. The summed E-state index contributed by atoms with van der Waals surface area (Å²) >= 11 is 5.99. The number of halogens is 1. The minimum absolute atomic E-state index is 0.201. The number of hydrogen-bond acceptors (Lipinski definition) is 5. The van der Waals surface area contributed by atoms with Gasteiger partial charge in [-0.2, -0.15) is 4.99 Å². The standard InChI is InChI=1S/C26H30ClN5O2/c1-16-13-21-22(14-23(16)34-20-5-3-4-6-20)32(25-24(30-21)17(2)29-26(33)31-25)12-11-28-15-18-7-9-19(27)10-8-18/h7-10,13-14,17,20,28H,3-6,11-12,15H2,1-2H3,(H,29,33). The first-order valence-electron chi connectivity index (χ1n) is 12.0. The lowest BCUT2D eigenvalue weighted by Crippen LogP contribution is -2.54. The van der Waals surface area contributed by atoms with Gasteiger partial charge in [0.15, 0.2) is 5.84 Å². The molecule has 178 valence electrons. The van der Waals surface area contributed by atoms with Gasteiger partial charge in [0.25, 0.3) is 0 Å². The number of carbonyl (C=O) groups is 1. The number of anilines is 1. The van der Waals surface area contributed by atoms with Crippen LogP contribution in [0.4, 0.5) is 16.2 Å². The zero-order valence-corrected chi connectivity index (χ0v) is 20.4. The first kappa shape index (κ1) is 22.9. The van der Waals surface area contributed by atoms with Crippen molar-refractivity contribution in [3.05, 3.63) is 52.5 Å². The molecule has 0 spiro atoms. The number of ether oxygens (including phenoxy) is 1. The first-order chi connectivity index (χ1) is 16.5. The van der Waals surface area contributed by atoms with Crippen LogP contribution < -0.4 is 20.3 Å². The van der Waals surface area contributed by atoms with Gasteiger partial charge in [-0.3, -0.25) is 0 Å². The summed E-state index contributed by atoms with van der Waals surface area (Å²) in [5.41, 5.74) is 4.83. The molecule has 3 aliphatic rings. The molecule has 1 unspecified atom stereocenters. The van der Waals surface area contributed by atoms with Crippen molar-refractivity contribution < 1.29 is 9.53 Å². The maximum atomic E-state index is 12.2. The highest BCUT2D eigenvalue weighted by Gasteiger charge is 2.34.